The minimum absolute atomic E-state index is 0.409. The van der Waals surface area contributed by atoms with Crippen molar-refractivity contribution >= 4 is 38.9 Å². The first-order valence-electron chi connectivity index (χ1n) is 11.1. The molecule has 1 aliphatic heterocycles. The van der Waals surface area contributed by atoms with Gasteiger partial charge in [0.25, 0.3) is 0 Å². The van der Waals surface area contributed by atoms with E-state index in [1.807, 2.05) is 37.3 Å². The van der Waals surface area contributed by atoms with Crippen molar-refractivity contribution in [3.63, 3.8) is 0 Å². The molecule has 174 valence electrons. The Kier molecular flexibility index (Phi) is 8.37. The Labute approximate surface area is 208 Å². The maximum atomic E-state index is 6.09. The fourth-order valence-electron chi connectivity index (χ4n) is 3.72. The van der Waals surface area contributed by atoms with E-state index < -0.39 is 0 Å². The topological polar surface area (TPSA) is 43.0 Å². The molecule has 0 aliphatic carbocycles. The van der Waals surface area contributed by atoms with Crippen LogP contribution >= 0.6 is 27.5 Å². The van der Waals surface area contributed by atoms with Gasteiger partial charge in [0.1, 0.15) is 6.61 Å². The summed E-state index contributed by atoms with van der Waals surface area (Å²) in [6.45, 7) is 7.05. The number of halogens is 2. The number of benzene rings is 3. The predicted molar refractivity (Wildman–Crippen MR) is 138 cm³/mol. The molecule has 0 amide bonds. The molecular weight excluding hydrogens is 504 g/mol. The molecule has 0 atom stereocenters. The van der Waals surface area contributed by atoms with E-state index in [9.17, 15) is 0 Å². The Hall–Kier alpha value is -2.41. The van der Waals surface area contributed by atoms with Crippen LogP contribution in [0.3, 0.4) is 0 Å². The summed E-state index contributed by atoms with van der Waals surface area (Å²) >= 11 is 9.75. The SMILES string of the molecule is CCOc1cc(CNc2ccc(N3CCOCC3)cc2)cc(Br)c1OCc1cccc(Cl)c1. The third kappa shape index (κ3) is 6.56. The number of rotatable bonds is 9. The fourth-order valence-corrected chi connectivity index (χ4v) is 4.54. The van der Waals surface area contributed by atoms with Gasteiger partial charge in [0.2, 0.25) is 0 Å². The third-order valence-electron chi connectivity index (χ3n) is 5.38. The molecule has 0 spiro atoms. The summed E-state index contributed by atoms with van der Waals surface area (Å²) in [6.07, 6.45) is 0. The van der Waals surface area contributed by atoms with Gasteiger partial charge >= 0.3 is 0 Å². The van der Waals surface area contributed by atoms with Crippen LogP contribution in [0.5, 0.6) is 11.5 Å². The second-order valence-electron chi connectivity index (χ2n) is 7.76. The molecule has 33 heavy (non-hydrogen) atoms. The van der Waals surface area contributed by atoms with E-state index in [4.69, 9.17) is 25.8 Å². The molecule has 0 radical (unpaired) electrons. The average Bonchev–Trinajstić information content (AvgIpc) is 2.83. The highest BCUT2D eigenvalue weighted by molar-refractivity contribution is 9.10. The van der Waals surface area contributed by atoms with Crippen LogP contribution in [-0.4, -0.2) is 32.9 Å². The number of anilines is 2. The normalized spacial score (nSPS) is 13.6. The van der Waals surface area contributed by atoms with E-state index in [1.165, 1.54) is 5.69 Å². The van der Waals surface area contributed by atoms with Gasteiger partial charge in [-0.25, -0.2) is 0 Å². The van der Waals surface area contributed by atoms with Crippen molar-refractivity contribution in [3.8, 4) is 11.5 Å². The number of hydrogen-bond donors (Lipinski definition) is 1. The molecule has 3 aromatic carbocycles. The zero-order valence-electron chi connectivity index (χ0n) is 18.7. The van der Waals surface area contributed by atoms with Gasteiger partial charge in [0.05, 0.1) is 24.3 Å². The molecule has 1 N–H and O–H groups in total. The lowest BCUT2D eigenvalue weighted by atomic mass is 10.2. The van der Waals surface area contributed by atoms with Crippen molar-refractivity contribution < 1.29 is 14.2 Å². The average molecular weight is 532 g/mol. The highest BCUT2D eigenvalue weighted by Gasteiger charge is 2.14. The molecule has 4 rings (SSSR count). The molecule has 7 heteroatoms. The van der Waals surface area contributed by atoms with Crippen LogP contribution in [0, 0.1) is 0 Å². The van der Waals surface area contributed by atoms with Crippen LogP contribution in [0.15, 0.2) is 65.1 Å². The van der Waals surface area contributed by atoms with E-state index in [1.54, 1.807) is 0 Å². The summed E-state index contributed by atoms with van der Waals surface area (Å²) in [7, 11) is 0. The summed E-state index contributed by atoms with van der Waals surface area (Å²) in [4.78, 5) is 2.35. The largest absolute Gasteiger partial charge is 0.490 e. The van der Waals surface area contributed by atoms with Crippen molar-refractivity contribution in [1.82, 2.24) is 0 Å². The number of morpholine rings is 1. The van der Waals surface area contributed by atoms with E-state index in [0.717, 1.165) is 47.6 Å². The smallest absolute Gasteiger partial charge is 0.175 e. The summed E-state index contributed by atoms with van der Waals surface area (Å²) in [5.41, 5.74) is 4.40. The van der Waals surface area contributed by atoms with Crippen LogP contribution in [0.4, 0.5) is 11.4 Å². The van der Waals surface area contributed by atoms with Crippen LogP contribution in [0.2, 0.25) is 5.02 Å². The van der Waals surface area contributed by atoms with E-state index >= 15 is 0 Å². The molecule has 0 bridgehead atoms. The Morgan fingerprint density at radius 1 is 1.00 bits per heavy atom. The second-order valence-corrected chi connectivity index (χ2v) is 9.05. The van der Waals surface area contributed by atoms with Crippen LogP contribution < -0.4 is 19.7 Å². The summed E-state index contributed by atoms with van der Waals surface area (Å²) in [5, 5.41) is 4.19. The molecule has 0 aromatic heterocycles. The van der Waals surface area contributed by atoms with Gasteiger partial charge in [0.15, 0.2) is 11.5 Å². The minimum atomic E-state index is 0.409. The highest BCUT2D eigenvalue weighted by atomic mass is 79.9. The van der Waals surface area contributed by atoms with Gasteiger partial charge in [-0.1, -0.05) is 23.7 Å². The van der Waals surface area contributed by atoms with Gasteiger partial charge in [0, 0.05) is 36.0 Å². The van der Waals surface area contributed by atoms with Gasteiger partial charge in [-0.15, -0.1) is 0 Å². The van der Waals surface area contributed by atoms with Crippen molar-refractivity contribution in [1.29, 1.82) is 0 Å². The first kappa shape index (κ1) is 23.7. The molecular formula is C26H28BrClN2O3. The quantitative estimate of drug-likeness (QED) is 0.340. The van der Waals surface area contributed by atoms with Crippen molar-refractivity contribution in [2.45, 2.75) is 20.1 Å². The lowest BCUT2D eigenvalue weighted by Crippen LogP contribution is -2.36. The monoisotopic (exact) mass is 530 g/mol. The van der Waals surface area contributed by atoms with Gasteiger partial charge in [-0.3, -0.25) is 0 Å². The Balaban J connectivity index is 1.41. The van der Waals surface area contributed by atoms with Crippen molar-refractivity contribution in [3.05, 3.63) is 81.3 Å². The molecule has 1 aliphatic rings. The van der Waals surface area contributed by atoms with Crippen LogP contribution in [0.25, 0.3) is 0 Å². The Bertz CT molecular complexity index is 1060. The first-order chi connectivity index (χ1) is 16.1. The van der Waals surface area contributed by atoms with Crippen LogP contribution in [-0.2, 0) is 17.9 Å². The summed E-state index contributed by atoms with van der Waals surface area (Å²) < 4.78 is 18.3. The summed E-state index contributed by atoms with van der Waals surface area (Å²) in [6, 6.07) is 20.3. The number of nitrogens with one attached hydrogen (secondary N) is 1. The van der Waals surface area contributed by atoms with Crippen molar-refractivity contribution in [2.24, 2.45) is 0 Å². The van der Waals surface area contributed by atoms with E-state index in [2.05, 4.69) is 56.5 Å². The maximum Gasteiger partial charge on any atom is 0.175 e. The number of hydrogen-bond acceptors (Lipinski definition) is 5. The highest BCUT2D eigenvalue weighted by Crippen LogP contribution is 2.38. The lowest BCUT2D eigenvalue weighted by Gasteiger charge is -2.29. The van der Waals surface area contributed by atoms with Gasteiger partial charge in [-0.05, 0) is 82.5 Å². The number of nitrogens with zero attached hydrogens (tertiary/aromatic N) is 1. The van der Waals surface area contributed by atoms with E-state index in [0.29, 0.717) is 36.3 Å². The fraction of sp³-hybridized carbons (Fsp3) is 0.308. The molecule has 0 unspecified atom stereocenters. The van der Waals surface area contributed by atoms with Crippen LogP contribution in [0.1, 0.15) is 18.1 Å². The third-order valence-corrected chi connectivity index (χ3v) is 6.21. The first-order valence-corrected chi connectivity index (χ1v) is 12.3. The zero-order chi connectivity index (χ0) is 23.0. The number of ether oxygens (including phenoxy) is 3. The zero-order valence-corrected chi connectivity index (χ0v) is 21.0. The maximum absolute atomic E-state index is 6.09. The van der Waals surface area contributed by atoms with Gasteiger partial charge < -0.3 is 24.4 Å². The minimum Gasteiger partial charge on any atom is -0.490 e. The Morgan fingerprint density at radius 3 is 2.52 bits per heavy atom. The lowest BCUT2D eigenvalue weighted by molar-refractivity contribution is 0.122. The van der Waals surface area contributed by atoms with Gasteiger partial charge in [-0.2, -0.15) is 0 Å². The molecule has 1 fully saturated rings. The predicted octanol–water partition coefficient (Wildman–Crippen LogP) is 6.53. The molecule has 1 saturated heterocycles. The molecule has 5 nitrogen and oxygen atoms in total. The standard InChI is InChI=1S/C26H28BrClN2O3/c1-2-32-25-16-20(15-24(27)26(25)33-18-19-4-3-5-21(28)14-19)17-29-22-6-8-23(9-7-22)30-10-12-31-13-11-30/h3-9,14-16,29H,2,10-13,17-18H2,1H3. The Morgan fingerprint density at radius 2 is 1.79 bits per heavy atom. The molecule has 0 saturated carbocycles. The summed E-state index contributed by atoms with van der Waals surface area (Å²) in [5.74, 6) is 1.41. The van der Waals surface area contributed by atoms with E-state index in [-0.39, 0.29) is 0 Å². The molecule has 1 heterocycles. The molecule has 3 aromatic rings. The second kappa shape index (κ2) is 11.6. The van der Waals surface area contributed by atoms with Crippen molar-refractivity contribution in [2.75, 3.05) is 43.1 Å².